The van der Waals surface area contributed by atoms with Crippen LogP contribution < -0.4 is 4.90 Å². The van der Waals surface area contributed by atoms with Crippen molar-refractivity contribution >= 4 is 23.1 Å². The van der Waals surface area contributed by atoms with Gasteiger partial charge in [0.05, 0.1) is 17.6 Å². The Morgan fingerprint density at radius 3 is 3.00 bits per heavy atom. The quantitative estimate of drug-likeness (QED) is 0.823. The molecule has 1 amide bonds. The van der Waals surface area contributed by atoms with Crippen LogP contribution in [0.5, 0.6) is 0 Å². The first-order valence-electron chi connectivity index (χ1n) is 8.61. The van der Waals surface area contributed by atoms with Crippen LogP contribution >= 0.6 is 11.3 Å². The van der Waals surface area contributed by atoms with Crippen LogP contribution in [0.1, 0.15) is 27.2 Å². The summed E-state index contributed by atoms with van der Waals surface area (Å²) in [4.78, 5) is 21.7. The maximum Gasteiger partial charge on any atom is 0.264 e. The lowest BCUT2D eigenvalue weighted by molar-refractivity contribution is -0.0244. The van der Waals surface area contributed by atoms with E-state index in [1.165, 1.54) is 16.9 Å². The summed E-state index contributed by atoms with van der Waals surface area (Å²) in [7, 11) is 3.98. The molecule has 1 saturated heterocycles. The van der Waals surface area contributed by atoms with Gasteiger partial charge in [0.25, 0.3) is 5.91 Å². The second-order valence-electron chi connectivity index (χ2n) is 6.69. The number of pyridine rings is 1. The maximum absolute atomic E-state index is 12.6. The molecule has 0 aromatic carbocycles. The highest BCUT2D eigenvalue weighted by Crippen LogP contribution is 2.20. The number of morpholine rings is 1. The van der Waals surface area contributed by atoms with E-state index in [0.29, 0.717) is 19.7 Å². The molecular formula is C19H25N3O2S. The molecule has 0 radical (unpaired) electrons. The van der Waals surface area contributed by atoms with Crippen molar-refractivity contribution in [2.45, 2.75) is 25.9 Å². The van der Waals surface area contributed by atoms with Crippen molar-refractivity contribution in [2.75, 3.05) is 38.7 Å². The van der Waals surface area contributed by atoms with Gasteiger partial charge >= 0.3 is 0 Å². The van der Waals surface area contributed by atoms with Crippen LogP contribution in [0.2, 0.25) is 0 Å². The number of carbonyl (C=O) groups excluding carboxylic acids is 1. The van der Waals surface area contributed by atoms with Crippen molar-refractivity contribution in [3.63, 3.8) is 0 Å². The third-order valence-electron chi connectivity index (χ3n) is 4.39. The molecule has 0 N–H and O–H groups in total. The molecule has 3 rings (SSSR count). The van der Waals surface area contributed by atoms with Gasteiger partial charge in [0, 0.05) is 33.4 Å². The van der Waals surface area contributed by atoms with Gasteiger partial charge in [-0.1, -0.05) is 0 Å². The SMILES string of the molecule is Cc1csc(C(=O)N2CCO[C@@H](CCc3ccnc(N(C)C)c3)C2)c1. The highest BCUT2D eigenvalue weighted by atomic mass is 32.1. The van der Waals surface area contributed by atoms with E-state index in [-0.39, 0.29) is 12.0 Å². The average molecular weight is 359 g/mol. The number of ether oxygens (including phenoxy) is 1. The summed E-state index contributed by atoms with van der Waals surface area (Å²) >= 11 is 1.52. The van der Waals surface area contributed by atoms with Gasteiger partial charge in [-0.25, -0.2) is 4.98 Å². The fraction of sp³-hybridized carbons (Fsp3) is 0.474. The zero-order chi connectivity index (χ0) is 17.8. The summed E-state index contributed by atoms with van der Waals surface area (Å²) in [5.74, 6) is 1.09. The molecule has 2 aromatic heterocycles. The molecule has 6 heteroatoms. The minimum Gasteiger partial charge on any atom is -0.375 e. The van der Waals surface area contributed by atoms with E-state index >= 15 is 0 Å². The Labute approximate surface area is 153 Å². The summed E-state index contributed by atoms with van der Waals surface area (Å²) in [5.41, 5.74) is 2.40. The number of hydrogen-bond acceptors (Lipinski definition) is 5. The first-order valence-corrected chi connectivity index (χ1v) is 9.49. The highest BCUT2D eigenvalue weighted by Gasteiger charge is 2.25. The number of aromatic nitrogens is 1. The van der Waals surface area contributed by atoms with Crippen LogP contribution in [0.3, 0.4) is 0 Å². The lowest BCUT2D eigenvalue weighted by Gasteiger charge is -2.32. The fourth-order valence-corrected chi connectivity index (χ4v) is 3.83. The lowest BCUT2D eigenvalue weighted by Crippen LogP contribution is -2.45. The Morgan fingerprint density at radius 1 is 1.44 bits per heavy atom. The van der Waals surface area contributed by atoms with Crippen molar-refractivity contribution in [1.29, 1.82) is 0 Å². The number of thiophene rings is 1. The number of carbonyl (C=O) groups is 1. The largest absolute Gasteiger partial charge is 0.375 e. The molecule has 0 aliphatic carbocycles. The molecule has 1 atom stereocenters. The number of anilines is 1. The maximum atomic E-state index is 12.6. The second kappa shape index (κ2) is 7.97. The highest BCUT2D eigenvalue weighted by molar-refractivity contribution is 7.12. The summed E-state index contributed by atoms with van der Waals surface area (Å²) in [5, 5.41) is 2.02. The molecule has 0 bridgehead atoms. The van der Waals surface area contributed by atoms with Crippen molar-refractivity contribution in [1.82, 2.24) is 9.88 Å². The third-order valence-corrected chi connectivity index (χ3v) is 5.43. The fourth-order valence-electron chi connectivity index (χ4n) is 2.97. The van der Waals surface area contributed by atoms with Crippen LogP contribution in [0.4, 0.5) is 5.82 Å². The van der Waals surface area contributed by atoms with Gasteiger partial charge in [-0.3, -0.25) is 4.79 Å². The van der Waals surface area contributed by atoms with E-state index in [0.717, 1.165) is 29.1 Å². The Bertz CT molecular complexity index is 729. The molecule has 25 heavy (non-hydrogen) atoms. The van der Waals surface area contributed by atoms with Gasteiger partial charge in [0.1, 0.15) is 5.82 Å². The number of rotatable bonds is 5. The van der Waals surface area contributed by atoms with Gasteiger partial charge in [0.2, 0.25) is 0 Å². The van der Waals surface area contributed by atoms with E-state index in [9.17, 15) is 4.79 Å². The van der Waals surface area contributed by atoms with E-state index in [1.807, 2.05) is 54.5 Å². The Morgan fingerprint density at radius 2 is 2.28 bits per heavy atom. The molecule has 2 aromatic rings. The molecule has 1 aliphatic heterocycles. The summed E-state index contributed by atoms with van der Waals surface area (Å²) in [6.45, 7) is 3.97. The Hall–Kier alpha value is -1.92. The second-order valence-corrected chi connectivity index (χ2v) is 7.60. The zero-order valence-corrected chi connectivity index (χ0v) is 15.9. The Kier molecular flexibility index (Phi) is 5.71. The first-order chi connectivity index (χ1) is 12.0. The summed E-state index contributed by atoms with van der Waals surface area (Å²) in [6, 6.07) is 6.13. The minimum atomic E-state index is 0.0923. The molecular weight excluding hydrogens is 334 g/mol. The van der Waals surface area contributed by atoms with Crippen molar-refractivity contribution in [3.8, 4) is 0 Å². The number of hydrogen-bond donors (Lipinski definition) is 0. The minimum absolute atomic E-state index is 0.0923. The molecule has 1 aliphatic rings. The standard InChI is InChI=1S/C19H25N3O2S/c1-14-10-17(25-13-14)19(23)22-8-9-24-16(12-22)5-4-15-6-7-20-18(11-15)21(2)3/h6-7,10-11,13,16H,4-5,8-9,12H2,1-3H3/t16-/m0/s1. The Balaban J connectivity index is 1.57. The topological polar surface area (TPSA) is 45.7 Å². The molecule has 3 heterocycles. The lowest BCUT2D eigenvalue weighted by atomic mass is 10.1. The molecule has 0 spiro atoms. The third kappa shape index (κ3) is 4.58. The smallest absolute Gasteiger partial charge is 0.264 e. The molecule has 0 unspecified atom stereocenters. The van der Waals surface area contributed by atoms with E-state index < -0.39 is 0 Å². The van der Waals surface area contributed by atoms with Gasteiger partial charge in [0.15, 0.2) is 0 Å². The van der Waals surface area contributed by atoms with Crippen LogP contribution in [-0.4, -0.2) is 55.7 Å². The van der Waals surface area contributed by atoms with E-state index in [1.54, 1.807) is 0 Å². The van der Waals surface area contributed by atoms with Crippen LogP contribution in [0, 0.1) is 6.92 Å². The van der Waals surface area contributed by atoms with E-state index in [4.69, 9.17) is 4.74 Å². The number of nitrogens with zero attached hydrogens (tertiary/aromatic N) is 3. The van der Waals surface area contributed by atoms with Crippen molar-refractivity contribution in [2.24, 2.45) is 0 Å². The van der Waals surface area contributed by atoms with Crippen LogP contribution in [0.25, 0.3) is 0 Å². The van der Waals surface area contributed by atoms with Crippen LogP contribution in [-0.2, 0) is 11.2 Å². The average Bonchev–Trinajstić information content (AvgIpc) is 3.06. The van der Waals surface area contributed by atoms with Crippen LogP contribution in [0.15, 0.2) is 29.8 Å². The van der Waals surface area contributed by atoms with Gasteiger partial charge in [-0.15, -0.1) is 11.3 Å². The first kappa shape index (κ1) is 17.9. The van der Waals surface area contributed by atoms with Crippen molar-refractivity contribution in [3.05, 3.63) is 45.8 Å². The van der Waals surface area contributed by atoms with E-state index in [2.05, 4.69) is 11.1 Å². The molecule has 134 valence electrons. The summed E-state index contributed by atoms with van der Waals surface area (Å²) < 4.78 is 5.88. The normalized spacial score (nSPS) is 17.6. The molecule has 1 fully saturated rings. The predicted octanol–water partition coefficient (Wildman–Crippen LogP) is 2.99. The summed E-state index contributed by atoms with van der Waals surface area (Å²) in [6.07, 6.45) is 3.77. The van der Waals surface area contributed by atoms with Gasteiger partial charge < -0.3 is 14.5 Å². The number of amides is 1. The molecule has 0 saturated carbocycles. The monoisotopic (exact) mass is 359 g/mol. The predicted molar refractivity (Wildman–Crippen MR) is 102 cm³/mol. The van der Waals surface area contributed by atoms with Crippen molar-refractivity contribution < 1.29 is 9.53 Å². The zero-order valence-electron chi connectivity index (χ0n) is 15.1. The van der Waals surface area contributed by atoms with Gasteiger partial charge in [-0.05, 0) is 54.5 Å². The number of aryl methyl sites for hydroxylation is 2. The molecule has 5 nitrogen and oxygen atoms in total. The van der Waals surface area contributed by atoms with Gasteiger partial charge in [-0.2, -0.15) is 0 Å².